The Morgan fingerprint density at radius 1 is 1.33 bits per heavy atom. The Morgan fingerprint density at radius 3 is 2.50 bits per heavy atom. The van der Waals surface area contributed by atoms with Gasteiger partial charge in [-0.15, -0.1) is 0 Å². The molecule has 0 spiro atoms. The fraction of sp³-hybridized carbons (Fsp3) is 0.364. The van der Waals surface area contributed by atoms with Gasteiger partial charge in [-0.05, 0) is 25.0 Å². The molecule has 0 aliphatic heterocycles. The second kappa shape index (κ2) is 3.53. The molecule has 0 aromatic heterocycles. The van der Waals surface area contributed by atoms with E-state index in [-0.39, 0.29) is 5.92 Å². The molecule has 1 heteroatoms. The van der Waals surface area contributed by atoms with Gasteiger partial charge < -0.3 is 4.79 Å². The summed E-state index contributed by atoms with van der Waals surface area (Å²) in [5.41, 5.74) is 3.58. The van der Waals surface area contributed by atoms with Crippen LogP contribution in [-0.4, -0.2) is 6.29 Å². The highest BCUT2D eigenvalue weighted by Crippen LogP contribution is 2.18. The number of aryl methyl sites for hydroxylation is 2. The molecule has 1 rings (SSSR count). The average molecular weight is 162 g/mol. The number of carbonyl (C=O) groups is 1. The first-order valence-corrected chi connectivity index (χ1v) is 4.17. The molecule has 0 saturated heterocycles. The van der Waals surface area contributed by atoms with E-state index in [9.17, 15) is 4.79 Å². The standard InChI is InChI=1S/C11H14O/c1-8-4-5-11(9(2)6-8)10(3)7-12/h4-7,10H,1-3H3. The van der Waals surface area contributed by atoms with Crippen molar-refractivity contribution in [2.75, 3.05) is 0 Å². The topological polar surface area (TPSA) is 17.1 Å². The summed E-state index contributed by atoms with van der Waals surface area (Å²) < 4.78 is 0. The molecule has 0 fully saturated rings. The molecule has 0 amide bonds. The van der Waals surface area contributed by atoms with Crippen LogP contribution >= 0.6 is 0 Å². The molecule has 1 aromatic carbocycles. The van der Waals surface area contributed by atoms with Gasteiger partial charge in [0.05, 0.1) is 0 Å². The molecule has 1 atom stereocenters. The number of benzene rings is 1. The summed E-state index contributed by atoms with van der Waals surface area (Å²) in [6, 6.07) is 6.18. The van der Waals surface area contributed by atoms with Gasteiger partial charge in [0.2, 0.25) is 0 Å². The Kier molecular flexibility index (Phi) is 2.64. The number of rotatable bonds is 2. The van der Waals surface area contributed by atoms with E-state index in [4.69, 9.17) is 0 Å². The number of carbonyl (C=O) groups excluding carboxylic acids is 1. The van der Waals surface area contributed by atoms with Crippen LogP contribution in [-0.2, 0) is 4.79 Å². The Balaban J connectivity index is 3.09. The second-order valence-corrected chi connectivity index (χ2v) is 3.28. The Bertz CT molecular complexity index is 289. The van der Waals surface area contributed by atoms with Gasteiger partial charge in [-0.1, -0.05) is 30.7 Å². The minimum Gasteiger partial charge on any atom is -0.303 e. The summed E-state index contributed by atoms with van der Waals surface area (Å²) in [5.74, 6) is 0.0191. The van der Waals surface area contributed by atoms with E-state index in [0.717, 1.165) is 11.8 Å². The molecular formula is C11H14O. The third-order valence-corrected chi connectivity index (χ3v) is 2.12. The second-order valence-electron chi connectivity index (χ2n) is 3.28. The van der Waals surface area contributed by atoms with Crippen molar-refractivity contribution in [3.8, 4) is 0 Å². The Morgan fingerprint density at radius 2 is 2.00 bits per heavy atom. The van der Waals surface area contributed by atoms with Crippen molar-refractivity contribution in [1.82, 2.24) is 0 Å². The summed E-state index contributed by atoms with van der Waals surface area (Å²) in [6.07, 6.45) is 0.984. The molecule has 0 saturated carbocycles. The van der Waals surface area contributed by atoms with E-state index in [1.165, 1.54) is 11.1 Å². The van der Waals surface area contributed by atoms with E-state index in [1.54, 1.807) is 0 Å². The van der Waals surface area contributed by atoms with E-state index in [2.05, 4.69) is 13.0 Å². The molecule has 1 nitrogen and oxygen atoms in total. The molecule has 0 aliphatic rings. The molecule has 12 heavy (non-hydrogen) atoms. The Hall–Kier alpha value is -1.11. The lowest BCUT2D eigenvalue weighted by Gasteiger charge is -2.08. The van der Waals surface area contributed by atoms with E-state index in [0.29, 0.717) is 0 Å². The van der Waals surface area contributed by atoms with Crippen LogP contribution in [0.2, 0.25) is 0 Å². The van der Waals surface area contributed by atoms with Crippen LogP contribution in [0.4, 0.5) is 0 Å². The molecule has 64 valence electrons. The zero-order valence-electron chi connectivity index (χ0n) is 7.79. The number of hydrogen-bond acceptors (Lipinski definition) is 1. The molecule has 0 N–H and O–H groups in total. The summed E-state index contributed by atoms with van der Waals surface area (Å²) >= 11 is 0. The fourth-order valence-electron chi connectivity index (χ4n) is 1.41. The van der Waals surface area contributed by atoms with Gasteiger partial charge in [0.1, 0.15) is 6.29 Å². The zero-order chi connectivity index (χ0) is 9.14. The predicted octanol–water partition coefficient (Wildman–Crippen LogP) is 2.61. The van der Waals surface area contributed by atoms with Crippen molar-refractivity contribution < 1.29 is 4.79 Å². The highest BCUT2D eigenvalue weighted by Gasteiger charge is 2.05. The van der Waals surface area contributed by atoms with E-state index < -0.39 is 0 Å². The summed E-state index contributed by atoms with van der Waals surface area (Å²) in [6.45, 7) is 6.02. The summed E-state index contributed by atoms with van der Waals surface area (Å²) in [7, 11) is 0. The lowest BCUT2D eigenvalue weighted by atomic mass is 9.96. The van der Waals surface area contributed by atoms with Crippen molar-refractivity contribution in [2.24, 2.45) is 0 Å². The summed E-state index contributed by atoms with van der Waals surface area (Å²) in [5, 5.41) is 0. The molecule has 0 bridgehead atoms. The van der Waals surface area contributed by atoms with Gasteiger partial charge >= 0.3 is 0 Å². The Labute approximate surface area is 73.4 Å². The van der Waals surface area contributed by atoms with Crippen molar-refractivity contribution in [1.29, 1.82) is 0 Å². The van der Waals surface area contributed by atoms with Crippen molar-refractivity contribution >= 4 is 6.29 Å². The van der Waals surface area contributed by atoms with E-state index in [1.807, 2.05) is 26.0 Å². The average Bonchev–Trinajstić information content (AvgIpc) is 2.03. The first-order valence-electron chi connectivity index (χ1n) is 4.17. The maximum Gasteiger partial charge on any atom is 0.127 e. The van der Waals surface area contributed by atoms with Crippen molar-refractivity contribution in [3.63, 3.8) is 0 Å². The van der Waals surface area contributed by atoms with Gasteiger partial charge in [0.15, 0.2) is 0 Å². The highest BCUT2D eigenvalue weighted by molar-refractivity contribution is 5.62. The number of hydrogen-bond donors (Lipinski definition) is 0. The van der Waals surface area contributed by atoms with Crippen molar-refractivity contribution in [3.05, 3.63) is 34.9 Å². The van der Waals surface area contributed by atoms with Gasteiger partial charge in [-0.25, -0.2) is 0 Å². The quantitative estimate of drug-likeness (QED) is 0.611. The lowest BCUT2D eigenvalue weighted by molar-refractivity contribution is -0.108. The van der Waals surface area contributed by atoms with Gasteiger partial charge in [0, 0.05) is 5.92 Å². The fourth-order valence-corrected chi connectivity index (χ4v) is 1.41. The maximum atomic E-state index is 10.5. The zero-order valence-corrected chi connectivity index (χ0v) is 7.79. The van der Waals surface area contributed by atoms with Crippen LogP contribution in [0, 0.1) is 13.8 Å². The monoisotopic (exact) mass is 162 g/mol. The minimum atomic E-state index is 0.0191. The highest BCUT2D eigenvalue weighted by atomic mass is 16.1. The SMILES string of the molecule is Cc1ccc(C(C)C=O)c(C)c1. The molecule has 1 unspecified atom stereocenters. The summed E-state index contributed by atoms with van der Waals surface area (Å²) in [4.78, 5) is 10.5. The van der Waals surface area contributed by atoms with Crippen LogP contribution in [0.5, 0.6) is 0 Å². The maximum absolute atomic E-state index is 10.5. The molecular weight excluding hydrogens is 148 g/mol. The lowest BCUT2D eigenvalue weighted by Crippen LogP contribution is -1.97. The first-order chi connectivity index (χ1) is 5.65. The van der Waals surface area contributed by atoms with Gasteiger partial charge in [-0.3, -0.25) is 0 Å². The third-order valence-electron chi connectivity index (χ3n) is 2.12. The van der Waals surface area contributed by atoms with Gasteiger partial charge in [-0.2, -0.15) is 0 Å². The van der Waals surface area contributed by atoms with Crippen molar-refractivity contribution in [2.45, 2.75) is 26.7 Å². The minimum absolute atomic E-state index is 0.0191. The predicted molar refractivity (Wildman–Crippen MR) is 50.4 cm³/mol. The number of aldehydes is 1. The van der Waals surface area contributed by atoms with E-state index >= 15 is 0 Å². The first kappa shape index (κ1) is 8.98. The van der Waals surface area contributed by atoms with Crippen LogP contribution in [0.15, 0.2) is 18.2 Å². The molecule has 0 aliphatic carbocycles. The molecule has 1 aromatic rings. The van der Waals surface area contributed by atoms with Gasteiger partial charge in [0.25, 0.3) is 0 Å². The molecule has 0 radical (unpaired) electrons. The smallest absolute Gasteiger partial charge is 0.127 e. The van der Waals surface area contributed by atoms with Crippen LogP contribution in [0.3, 0.4) is 0 Å². The molecule has 0 heterocycles. The largest absolute Gasteiger partial charge is 0.303 e. The third kappa shape index (κ3) is 1.73. The van der Waals surface area contributed by atoms with Crippen LogP contribution < -0.4 is 0 Å². The van der Waals surface area contributed by atoms with Crippen LogP contribution in [0.1, 0.15) is 29.5 Å². The van der Waals surface area contributed by atoms with Crippen LogP contribution in [0.25, 0.3) is 0 Å². The normalized spacial score (nSPS) is 12.6.